The van der Waals surface area contributed by atoms with Crippen LogP contribution in [0.1, 0.15) is 20.8 Å². The van der Waals surface area contributed by atoms with Crippen molar-refractivity contribution >= 4 is 11.7 Å². The zero-order valence-corrected chi connectivity index (χ0v) is 15.5. The van der Waals surface area contributed by atoms with Crippen LogP contribution >= 0.6 is 0 Å². The molecule has 0 saturated carbocycles. The van der Waals surface area contributed by atoms with Crippen LogP contribution in [-0.4, -0.2) is 31.9 Å². The summed E-state index contributed by atoms with van der Waals surface area (Å²) in [5.41, 5.74) is 0.700. The average molecular weight is 358 g/mol. The Morgan fingerprint density at radius 1 is 0.923 bits per heavy atom. The fourth-order valence-corrected chi connectivity index (χ4v) is 2.20. The predicted octanol–water partition coefficient (Wildman–Crippen LogP) is 4.07. The first-order chi connectivity index (χ1) is 12.6. The lowest BCUT2D eigenvalue weighted by atomic mass is 10.3. The molecule has 0 saturated heterocycles. The van der Waals surface area contributed by atoms with Gasteiger partial charge in [-0.25, -0.2) is 4.79 Å². The van der Waals surface area contributed by atoms with Gasteiger partial charge in [-0.2, -0.15) is 0 Å². The summed E-state index contributed by atoms with van der Waals surface area (Å²) in [5.74, 6) is 2.31. The third-order valence-corrected chi connectivity index (χ3v) is 3.28. The first-order valence-electron chi connectivity index (χ1n) is 8.74. The Bertz CT molecular complexity index is 669. The van der Waals surface area contributed by atoms with Gasteiger partial charge in [-0.1, -0.05) is 0 Å². The smallest absolute Gasteiger partial charge is 0.319 e. The summed E-state index contributed by atoms with van der Waals surface area (Å²) in [6, 6.07) is 14.4. The van der Waals surface area contributed by atoms with Crippen molar-refractivity contribution in [1.29, 1.82) is 0 Å². The molecule has 0 fully saturated rings. The summed E-state index contributed by atoms with van der Waals surface area (Å²) >= 11 is 0. The van der Waals surface area contributed by atoms with E-state index in [-0.39, 0.29) is 12.1 Å². The lowest BCUT2D eigenvalue weighted by Gasteiger charge is -2.11. The molecule has 2 rings (SSSR count). The monoisotopic (exact) mass is 358 g/mol. The molecule has 0 aromatic heterocycles. The van der Waals surface area contributed by atoms with E-state index in [2.05, 4.69) is 10.6 Å². The van der Waals surface area contributed by atoms with E-state index in [0.717, 1.165) is 17.2 Å². The summed E-state index contributed by atoms with van der Waals surface area (Å²) in [7, 11) is 0. The average Bonchev–Trinajstić information content (AvgIpc) is 2.62. The fraction of sp³-hybridized carbons (Fsp3) is 0.350. The predicted molar refractivity (Wildman–Crippen MR) is 102 cm³/mol. The molecule has 0 aliphatic carbocycles. The first kappa shape index (κ1) is 19.4. The molecular weight excluding hydrogens is 332 g/mol. The number of anilines is 1. The Hall–Kier alpha value is -2.89. The summed E-state index contributed by atoms with van der Waals surface area (Å²) in [6.45, 7) is 7.28. The van der Waals surface area contributed by atoms with Crippen molar-refractivity contribution in [2.24, 2.45) is 0 Å². The van der Waals surface area contributed by atoms with Crippen LogP contribution in [-0.2, 0) is 0 Å². The van der Waals surface area contributed by atoms with E-state index < -0.39 is 0 Å². The van der Waals surface area contributed by atoms with Crippen LogP contribution < -0.4 is 24.8 Å². The molecule has 0 unspecified atom stereocenters. The Labute approximate surface area is 154 Å². The van der Waals surface area contributed by atoms with E-state index in [4.69, 9.17) is 14.2 Å². The highest BCUT2D eigenvalue weighted by atomic mass is 16.5. The van der Waals surface area contributed by atoms with E-state index in [1.165, 1.54) is 0 Å². The van der Waals surface area contributed by atoms with Gasteiger partial charge in [-0.3, -0.25) is 0 Å². The van der Waals surface area contributed by atoms with Crippen molar-refractivity contribution < 1.29 is 19.0 Å². The van der Waals surface area contributed by atoms with Crippen LogP contribution in [0.25, 0.3) is 0 Å². The number of rotatable bonds is 9. The van der Waals surface area contributed by atoms with Gasteiger partial charge in [-0.15, -0.1) is 0 Å². The Kier molecular flexibility index (Phi) is 7.61. The molecule has 2 amide bonds. The minimum absolute atomic E-state index is 0.118. The van der Waals surface area contributed by atoms with Gasteiger partial charge in [0.15, 0.2) is 0 Å². The molecule has 0 spiro atoms. The van der Waals surface area contributed by atoms with E-state index in [9.17, 15) is 4.79 Å². The molecule has 0 aliphatic rings. The standard InChI is InChI=1S/C20H26N2O4/c1-4-24-17-9-11-18(12-10-17)25-14-13-21-20(23)22-16-5-7-19(8-6-16)26-15(2)3/h5-12,15H,4,13-14H2,1-3H3,(H2,21,22,23). The van der Waals surface area contributed by atoms with Crippen LogP contribution in [0.2, 0.25) is 0 Å². The molecular formula is C20H26N2O4. The number of hydrogen-bond donors (Lipinski definition) is 2. The third-order valence-electron chi connectivity index (χ3n) is 3.28. The van der Waals surface area contributed by atoms with Crippen molar-refractivity contribution in [3.05, 3.63) is 48.5 Å². The minimum atomic E-state index is -0.280. The number of amides is 2. The van der Waals surface area contributed by atoms with Crippen molar-refractivity contribution in [2.75, 3.05) is 25.1 Å². The molecule has 140 valence electrons. The Balaban J connectivity index is 1.67. The summed E-state index contributed by atoms with van der Waals surface area (Å²) in [5, 5.41) is 5.51. The van der Waals surface area contributed by atoms with Gasteiger partial charge >= 0.3 is 6.03 Å². The topological polar surface area (TPSA) is 68.8 Å². The first-order valence-corrected chi connectivity index (χ1v) is 8.74. The number of ether oxygens (including phenoxy) is 3. The maximum absolute atomic E-state index is 11.9. The minimum Gasteiger partial charge on any atom is -0.494 e. The molecule has 6 nitrogen and oxygen atoms in total. The van der Waals surface area contributed by atoms with Crippen LogP contribution in [0.3, 0.4) is 0 Å². The van der Waals surface area contributed by atoms with E-state index in [1.54, 1.807) is 12.1 Å². The van der Waals surface area contributed by atoms with Gasteiger partial charge in [-0.05, 0) is 69.3 Å². The lowest BCUT2D eigenvalue weighted by Crippen LogP contribution is -2.32. The maximum atomic E-state index is 11.9. The highest BCUT2D eigenvalue weighted by Gasteiger charge is 2.03. The molecule has 2 aromatic carbocycles. The van der Waals surface area contributed by atoms with Crippen LogP contribution in [0, 0.1) is 0 Å². The van der Waals surface area contributed by atoms with Gasteiger partial charge < -0.3 is 24.8 Å². The zero-order chi connectivity index (χ0) is 18.8. The number of urea groups is 1. The number of benzene rings is 2. The van der Waals surface area contributed by atoms with Gasteiger partial charge in [0.05, 0.1) is 19.3 Å². The van der Waals surface area contributed by atoms with Crippen LogP contribution in [0.4, 0.5) is 10.5 Å². The van der Waals surface area contributed by atoms with E-state index in [0.29, 0.717) is 25.4 Å². The largest absolute Gasteiger partial charge is 0.494 e. The second-order valence-corrected chi connectivity index (χ2v) is 5.82. The van der Waals surface area contributed by atoms with E-state index >= 15 is 0 Å². The third kappa shape index (κ3) is 6.93. The molecule has 0 radical (unpaired) electrons. The lowest BCUT2D eigenvalue weighted by molar-refractivity contribution is 0.242. The molecule has 0 bridgehead atoms. The molecule has 2 aromatic rings. The van der Waals surface area contributed by atoms with Crippen molar-refractivity contribution in [2.45, 2.75) is 26.9 Å². The second kappa shape index (κ2) is 10.2. The highest BCUT2D eigenvalue weighted by Crippen LogP contribution is 2.18. The van der Waals surface area contributed by atoms with Crippen molar-refractivity contribution in [1.82, 2.24) is 5.32 Å². The molecule has 0 atom stereocenters. The molecule has 0 aliphatic heterocycles. The number of carbonyl (C=O) groups is 1. The normalized spacial score (nSPS) is 10.3. The SMILES string of the molecule is CCOc1ccc(OCCNC(=O)Nc2ccc(OC(C)C)cc2)cc1. The molecule has 6 heteroatoms. The Morgan fingerprint density at radius 3 is 2.08 bits per heavy atom. The van der Waals surface area contributed by atoms with Crippen molar-refractivity contribution in [3.63, 3.8) is 0 Å². The van der Waals surface area contributed by atoms with Crippen LogP contribution in [0.15, 0.2) is 48.5 Å². The summed E-state index contributed by atoms with van der Waals surface area (Å²) in [6.07, 6.45) is 0.118. The Morgan fingerprint density at radius 2 is 1.50 bits per heavy atom. The van der Waals surface area contributed by atoms with Crippen molar-refractivity contribution in [3.8, 4) is 17.2 Å². The molecule has 2 N–H and O–H groups in total. The number of hydrogen-bond acceptors (Lipinski definition) is 4. The van der Waals surface area contributed by atoms with Crippen LogP contribution in [0.5, 0.6) is 17.2 Å². The highest BCUT2D eigenvalue weighted by molar-refractivity contribution is 5.89. The second-order valence-electron chi connectivity index (χ2n) is 5.82. The fourth-order valence-electron chi connectivity index (χ4n) is 2.20. The van der Waals surface area contributed by atoms with Gasteiger partial charge in [0, 0.05) is 5.69 Å². The quantitative estimate of drug-likeness (QED) is 0.663. The summed E-state index contributed by atoms with van der Waals surface area (Å²) < 4.78 is 16.5. The molecule has 26 heavy (non-hydrogen) atoms. The molecule has 0 heterocycles. The summed E-state index contributed by atoms with van der Waals surface area (Å²) in [4.78, 5) is 11.9. The number of carbonyl (C=O) groups excluding carboxylic acids is 1. The van der Waals surface area contributed by atoms with Gasteiger partial charge in [0.2, 0.25) is 0 Å². The van der Waals surface area contributed by atoms with Gasteiger partial charge in [0.25, 0.3) is 0 Å². The number of nitrogens with one attached hydrogen (secondary N) is 2. The van der Waals surface area contributed by atoms with E-state index in [1.807, 2.05) is 57.2 Å². The zero-order valence-electron chi connectivity index (χ0n) is 15.5. The van der Waals surface area contributed by atoms with Gasteiger partial charge in [0.1, 0.15) is 23.9 Å². The maximum Gasteiger partial charge on any atom is 0.319 e.